The summed E-state index contributed by atoms with van der Waals surface area (Å²) in [5, 5.41) is 8.49. The number of ether oxygens (including phenoxy) is 7. The van der Waals surface area contributed by atoms with E-state index in [2.05, 4.69) is 48.4 Å². The van der Waals surface area contributed by atoms with E-state index in [1.54, 1.807) is 58.9 Å². The molecule has 4 heterocycles. The number of amides is 4. The fraction of sp³-hybridized carbons (Fsp3) is 0.566. The molecule has 432 valence electrons. The van der Waals surface area contributed by atoms with Crippen LogP contribution in [0.5, 0.6) is 5.88 Å². The van der Waals surface area contributed by atoms with Gasteiger partial charge in [-0.15, -0.1) is 4.37 Å². The average Bonchev–Trinajstić information content (AvgIpc) is 4.15. The number of rotatable bonds is 26. The Kier molecular flexibility index (Phi) is 22.5. The first-order valence-electron chi connectivity index (χ1n) is 26.1. The molecular weight excluding hydrogens is 1050 g/mol. The number of carbonyl (C=O) groups is 9. The summed E-state index contributed by atoms with van der Waals surface area (Å²) >= 11 is 0.911. The molecule has 4 amide bonds. The molecule has 0 bridgehead atoms. The topological polar surface area (TPSA) is 306 Å². The molecule has 0 aliphatic carbocycles. The van der Waals surface area contributed by atoms with E-state index in [1.165, 1.54) is 39.5 Å². The number of aromatic amines is 1. The van der Waals surface area contributed by atoms with E-state index >= 15 is 0 Å². The van der Waals surface area contributed by atoms with Crippen LogP contribution in [0.15, 0.2) is 18.2 Å². The van der Waals surface area contributed by atoms with Crippen molar-refractivity contribution in [1.29, 1.82) is 0 Å². The summed E-state index contributed by atoms with van der Waals surface area (Å²) in [4.78, 5) is 126. The summed E-state index contributed by atoms with van der Waals surface area (Å²) < 4.78 is 46.7. The number of aromatic nitrogens is 3. The monoisotopic (exact) mass is 1120 g/mol. The number of esters is 5. The van der Waals surface area contributed by atoms with E-state index in [0.29, 0.717) is 90.2 Å². The van der Waals surface area contributed by atoms with Gasteiger partial charge in [0.2, 0.25) is 11.7 Å². The minimum atomic E-state index is -1.60. The van der Waals surface area contributed by atoms with Crippen LogP contribution in [0.25, 0.3) is 11.6 Å². The van der Waals surface area contributed by atoms with Crippen molar-refractivity contribution in [3.8, 4) is 5.88 Å². The summed E-state index contributed by atoms with van der Waals surface area (Å²) in [5.74, 6) is -6.08. The third-order valence-electron chi connectivity index (χ3n) is 12.7. The Balaban J connectivity index is 1.12. The molecule has 2 aromatic heterocycles. The molecule has 25 nitrogen and oxygen atoms in total. The van der Waals surface area contributed by atoms with E-state index < -0.39 is 84.1 Å². The molecule has 79 heavy (non-hydrogen) atoms. The first-order valence-corrected chi connectivity index (χ1v) is 26.8. The van der Waals surface area contributed by atoms with Gasteiger partial charge in [-0.1, -0.05) is 13.8 Å². The second-order valence-electron chi connectivity index (χ2n) is 19.8. The van der Waals surface area contributed by atoms with E-state index in [4.69, 9.17) is 33.2 Å². The van der Waals surface area contributed by atoms with Crippen LogP contribution in [0, 0.1) is 13.8 Å². The zero-order valence-corrected chi connectivity index (χ0v) is 47.7. The number of carbonyl (C=O) groups excluding carboxylic acids is 9. The Morgan fingerprint density at radius 1 is 0.861 bits per heavy atom. The minimum Gasteiger partial charge on any atom is -0.470 e. The lowest BCUT2D eigenvalue weighted by Crippen LogP contribution is -2.54. The predicted octanol–water partition coefficient (Wildman–Crippen LogP) is 3.97. The molecule has 4 unspecified atom stereocenters. The molecule has 2 aliphatic rings. The maximum Gasteiger partial charge on any atom is 0.347 e. The number of benzene rings is 1. The molecule has 1 fully saturated rings. The molecule has 2 aliphatic heterocycles. The van der Waals surface area contributed by atoms with Crippen LogP contribution in [0.2, 0.25) is 0 Å². The maximum absolute atomic E-state index is 13.6. The Bertz CT molecular complexity index is 2740. The van der Waals surface area contributed by atoms with Gasteiger partial charge in [0.25, 0.3) is 23.6 Å². The predicted molar refractivity (Wildman–Crippen MR) is 289 cm³/mol. The van der Waals surface area contributed by atoms with Gasteiger partial charge in [0, 0.05) is 73.4 Å². The van der Waals surface area contributed by atoms with Gasteiger partial charge in [-0.3, -0.25) is 28.8 Å². The van der Waals surface area contributed by atoms with Crippen LogP contribution in [0.1, 0.15) is 115 Å². The number of nitrogens with zero attached hydrogens (tertiary/aromatic N) is 5. The van der Waals surface area contributed by atoms with Crippen LogP contribution in [-0.2, 0) is 66.8 Å². The fourth-order valence-corrected chi connectivity index (χ4v) is 8.88. The number of H-pyrrole nitrogens is 1. The van der Waals surface area contributed by atoms with Crippen LogP contribution in [0.4, 0.5) is 17.2 Å². The van der Waals surface area contributed by atoms with Crippen LogP contribution in [-0.4, -0.2) is 179 Å². The van der Waals surface area contributed by atoms with Crippen LogP contribution >= 0.6 is 11.7 Å². The molecule has 5 rings (SSSR count). The van der Waals surface area contributed by atoms with Crippen molar-refractivity contribution in [3.63, 3.8) is 0 Å². The van der Waals surface area contributed by atoms with Gasteiger partial charge in [-0.05, 0) is 105 Å². The third-order valence-corrected chi connectivity index (χ3v) is 13.2. The standard InChI is InChI=1S/C53H73N9O16S/c1-13-60(14-2)20-19-54-47(67)44-29(3)41(55-30(44)4)26-39-38-25-36(15-16-40(38)57-46(39)66)56-42(64)17-18-43(65)75-32(6)50(69)76-33(7)51(70)77-34(8)52(71)78-37(27-62(53(10,11)12)49(68)31(5)74-35(9)63)28-73-48-45(58-79-59-48)61-21-23-72-24-22-61/h15-16,25-26,31-34,37,55H,13-14,17-24,27-28H2,1-12H3,(H,54,67)(H,56,64)(H,57,66)/b39-26-/t31?,32?,33?,34?,37-/m0/s1. The normalized spacial score (nSPS) is 15.6. The van der Waals surface area contributed by atoms with Crippen molar-refractivity contribution < 1.29 is 76.3 Å². The molecular formula is C53H73N9O16S. The number of nitrogens with one attached hydrogen (secondary N) is 4. The highest BCUT2D eigenvalue weighted by atomic mass is 32.1. The SMILES string of the molecule is CCN(CC)CCNC(=O)c1c(C)[nH]c(/C=C2\C(=O)Nc3ccc(NC(=O)CCC(=O)OC(C)C(=O)OC(C)C(=O)OC(C)C(=O)O[C@H](COc4nsnc4N4CCOCC4)CN(C(=O)C(C)OC(C)=O)C(C)(C)C)cc32)c1C. The van der Waals surface area contributed by atoms with Crippen molar-refractivity contribution in [2.45, 2.75) is 132 Å². The molecule has 1 aromatic carbocycles. The molecule has 4 N–H and O–H groups in total. The molecule has 0 saturated carbocycles. The first-order chi connectivity index (χ1) is 37.3. The Labute approximate surface area is 463 Å². The van der Waals surface area contributed by atoms with Crippen LogP contribution in [0.3, 0.4) is 0 Å². The average molecular weight is 1120 g/mol. The van der Waals surface area contributed by atoms with E-state index in [9.17, 15) is 43.2 Å². The number of likely N-dealkylation sites (N-methyl/N-ethyl adjacent to an activating group) is 1. The zero-order valence-electron chi connectivity index (χ0n) is 46.9. The third kappa shape index (κ3) is 17.5. The molecule has 0 radical (unpaired) electrons. The number of anilines is 3. The summed E-state index contributed by atoms with van der Waals surface area (Å²) in [6.07, 6.45) is -6.22. The van der Waals surface area contributed by atoms with Crippen molar-refractivity contribution in [3.05, 3.63) is 46.3 Å². The Hall–Kier alpha value is -7.45. The van der Waals surface area contributed by atoms with Gasteiger partial charge in [-0.2, -0.15) is 4.37 Å². The van der Waals surface area contributed by atoms with Gasteiger partial charge in [-0.25, -0.2) is 14.4 Å². The molecule has 0 spiro atoms. The molecule has 1 saturated heterocycles. The Morgan fingerprint density at radius 3 is 2.11 bits per heavy atom. The molecule has 26 heteroatoms. The number of hydrogen-bond acceptors (Lipinski definition) is 21. The fourth-order valence-electron chi connectivity index (χ4n) is 8.36. The summed E-state index contributed by atoms with van der Waals surface area (Å²) in [6, 6.07) is 4.81. The van der Waals surface area contributed by atoms with Crippen molar-refractivity contribution >= 4 is 94.0 Å². The van der Waals surface area contributed by atoms with Crippen molar-refractivity contribution in [2.24, 2.45) is 0 Å². The summed E-state index contributed by atoms with van der Waals surface area (Å²) in [7, 11) is 0. The van der Waals surface area contributed by atoms with Gasteiger partial charge in [0.1, 0.15) is 6.61 Å². The van der Waals surface area contributed by atoms with Crippen molar-refractivity contribution in [1.82, 2.24) is 28.8 Å². The van der Waals surface area contributed by atoms with Gasteiger partial charge in [0.15, 0.2) is 30.5 Å². The van der Waals surface area contributed by atoms with E-state index in [1.807, 2.05) is 4.90 Å². The van der Waals surface area contributed by atoms with Gasteiger partial charge < -0.3 is 68.8 Å². The second kappa shape index (κ2) is 28.4. The summed E-state index contributed by atoms with van der Waals surface area (Å²) in [5.41, 5.74) is 3.12. The lowest BCUT2D eigenvalue weighted by Gasteiger charge is -2.39. The van der Waals surface area contributed by atoms with E-state index in [-0.39, 0.29) is 37.3 Å². The maximum atomic E-state index is 13.6. The lowest BCUT2D eigenvalue weighted by atomic mass is 10.0. The van der Waals surface area contributed by atoms with Gasteiger partial charge in [0.05, 0.1) is 49.0 Å². The lowest BCUT2D eigenvalue weighted by molar-refractivity contribution is -0.184. The smallest absolute Gasteiger partial charge is 0.347 e. The molecule has 5 atom stereocenters. The highest BCUT2D eigenvalue weighted by molar-refractivity contribution is 6.99. The number of aryl methyl sites for hydroxylation is 1. The highest BCUT2D eigenvalue weighted by Crippen LogP contribution is 2.36. The van der Waals surface area contributed by atoms with Crippen molar-refractivity contribution in [2.75, 3.05) is 81.2 Å². The van der Waals surface area contributed by atoms with E-state index in [0.717, 1.165) is 24.8 Å². The molecule has 3 aromatic rings. The highest BCUT2D eigenvalue weighted by Gasteiger charge is 2.37. The number of fused-ring (bicyclic) bond motifs is 1. The second-order valence-corrected chi connectivity index (χ2v) is 20.3. The van der Waals surface area contributed by atoms with Gasteiger partial charge >= 0.3 is 29.8 Å². The minimum absolute atomic E-state index is 0.156. The summed E-state index contributed by atoms with van der Waals surface area (Å²) in [6.45, 7) is 23.4. The quantitative estimate of drug-likeness (QED) is 0.0502. The Morgan fingerprint density at radius 2 is 1.49 bits per heavy atom. The largest absolute Gasteiger partial charge is 0.470 e. The number of hydrogen-bond donors (Lipinski definition) is 4. The number of morpholine rings is 1. The zero-order chi connectivity index (χ0) is 58.3. The van der Waals surface area contributed by atoms with Crippen LogP contribution < -0.4 is 25.6 Å². The first kappa shape index (κ1) is 62.4.